The van der Waals surface area contributed by atoms with Gasteiger partial charge in [0.1, 0.15) is 0 Å². The summed E-state index contributed by atoms with van der Waals surface area (Å²) in [4.78, 5) is 28.7. The molecule has 6 heteroatoms. The highest BCUT2D eigenvalue weighted by molar-refractivity contribution is 6.35. The highest BCUT2D eigenvalue weighted by Gasteiger charge is 2.57. The van der Waals surface area contributed by atoms with Crippen LogP contribution in [0.5, 0.6) is 0 Å². The van der Waals surface area contributed by atoms with E-state index in [4.69, 9.17) is 11.6 Å². The Kier molecular flexibility index (Phi) is 4.12. The van der Waals surface area contributed by atoms with Gasteiger partial charge in [0, 0.05) is 16.9 Å². The Bertz CT molecular complexity index is 1190. The van der Waals surface area contributed by atoms with Crippen LogP contribution in [0.2, 0.25) is 5.02 Å². The fourth-order valence-electron chi connectivity index (χ4n) is 4.25. The second-order valence-corrected chi connectivity index (χ2v) is 8.29. The molecule has 2 heterocycles. The zero-order valence-corrected chi connectivity index (χ0v) is 17.3. The third-order valence-corrected chi connectivity index (χ3v) is 6.12. The number of fused-ring (bicyclic) bond motifs is 3. The van der Waals surface area contributed by atoms with Gasteiger partial charge in [0.2, 0.25) is 5.66 Å². The summed E-state index contributed by atoms with van der Waals surface area (Å²) in [5.74, 6) is -0.232. The second kappa shape index (κ2) is 6.61. The number of amides is 2. The minimum Gasteiger partial charge on any atom is -0.350 e. The molecule has 0 bridgehead atoms. The van der Waals surface area contributed by atoms with Gasteiger partial charge in [-0.1, -0.05) is 61.8 Å². The summed E-state index contributed by atoms with van der Waals surface area (Å²) in [6.07, 6.45) is 0. The molecule has 0 saturated carbocycles. The van der Waals surface area contributed by atoms with Crippen LogP contribution in [-0.2, 0) is 10.5 Å². The molecule has 2 aliphatic rings. The third-order valence-electron chi connectivity index (χ3n) is 5.80. The quantitative estimate of drug-likeness (QED) is 0.591. The van der Waals surface area contributed by atoms with Crippen LogP contribution in [0.1, 0.15) is 41.3 Å². The summed E-state index contributed by atoms with van der Waals surface area (Å²) in [5.41, 5.74) is 2.63. The highest BCUT2D eigenvalue weighted by atomic mass is 35.5. The van der Waals surface area contributed by atoms with Gasteiger partial charge in [-0.2, -0.15) is 0 Å². The average molecular weight is 418 g/mol. The van der Waals surface area contributed by atoms with Crippen LogP contribution in [0.25, 0.3) is 0 Å². The van der Waals surface area contributed by atoms with Crippen molar-refractivity contribution in [1.82, 2.24) is 0 Å². The predicted molar refractivity (Wildman–Crippen MR) is 119 cm³/mol. The Morgan fingerprint density at radius 2 is 1.67 bits per heavy atom. The van der Waals surface area contributed by atoms with Gasteiger partial charge < -0.3 is 10.6 Å². The number of nitrogens with zero attached hydrogens (tertiary/aromatic N) is 1. The van der Waals surface area contributed by atoms with E-state index in [1.54, 1.807) is 18.2 Å². The molecule has 3 aromatic carbocycles. The maximum Gasteiger partial charge on any atom is 0.276 e. The summed E-state index contributed by atoms with van der Waals surface area (Å²) < 4.78 is 0. The van der Waals surface area contributed by atoms with Gasteiger partial charge in [0.25, 0.3) is 11.8 Å². The van der Waals surface area contributed by atoms with Crippen molar-refractivity contribution in [1.29, 1.82) is 0 Å². The number of anilines is 3. The zero-order valence-electron chi connectivity index (χ0n) is 16.6. The fourth-order valence-corrected chi connectivity index (χ4v) is 4.47. The molecule has 0 fully saturated rings. The minimum atomic E-state index is -1.43. The number of halogens is 1. The first-order chi connectivity index (χ1) is 14.4. The summed E-state index contributed by atoms with van der Waals surface area (Å²) in [6, 6.07) is 20.3. The number of carbonyl (C=O) groups excluding carboxylic acids is 2. The molecular weight excluding hydrogens is 398 g/mol. The number of nitrogens with one attached hydrogen (secondary N) is 2. The van der Waals surface area contributed by atoms with Gasteiger partial charge in [-0.3, -0.25) is 14.5 Å². The van der Waals surface area contributed by atoms with E-state index < -0.39 is 5.66 Å². The Morgan fingerprint density at radius 1 is 0.933 bits per heavy atom. The molecule has 0 radical (unpaired) electrons. The normalized spacial score (nSPS) is 19.5. The van der Waals surface area contributed by atoms with E-state index in [2.05, 4.69) is 24.5 Å². The molecular formula is C24H20ClN3O2. The van der Waals surface area contributed by atoms with Crippen molar-refractivity contribution in [3.63, 3.8) is 0 Å². The molecule has 150 valence electrons. The van der Waals surface area contributed by atoms with Gasteiger partial charge in [0.05, 0.1) is 16.3 Å². The minimum absolute atomic E-state index is 0.246. The van der Waals surface area contributed by atoms with Crippen LogP contribution in [0.3, 0.4) is 0 Å². The monoisotopic (exact) mass is 417 g/mol. The average Bonchev–Trinajstić information content (AvgIpc) is 3.02. The molecule has 0 aliphatic carbocycles. The molecule has 2 N–H and O–H groups in total. The highest BCUT2D eigenvalue weighted by Crippen LogP contribution is 2.49. The van der Waals surface area contributed by atoms with Crippen molar-refractivity contribution in [3.05, 3.63) is 88.4 Å². The molecule has 30 heavy (non-hydrogen) atoms. The predicted octanol–water partition coefficient (Wildman–Crippen LogP) is 5.34. The van der Waals surface area contributed by atoms with E-state index in [0.29, 0.717) is 39.1 Å². The van der Waals surface area contributed by atoms with Gasteiger partial charge in [-0.25, -0.2) is 0 Å². The maximum absolute atomic E-state index is 13.7. The first-order valence-corrected chi connectivity index (χ1v) is 10.2. The van der Waals surface area contributed by atoms with Crippen LogP contribution in [0, 0.1) is 0 Å². The van der Waals surface area contributed by atoms with E-state index in [9.17, 15) is 9.59 Å². The molecule has 2 amide bonds. The van der Waals surface area contributed by atoms with Crippen LogP contribution >= 0.6 is 11.6 Å². The smallest absolute Gasteiger partial charge is 0.276 e. The number of carbonyl (C=O) groups is 2. The maximum atomic E-state index is 13.7. The molecule has 0 unspecified atom stereocenters. The topological polar surface area (TPSA) is 61.4 Å². The van der Waals surface area contributed by atoms with Crippen LogP contribution in [0.15, 0.2) is 66.7 Å². The van der Waals surface area contributed by atoms with Gasteiger partial charge in [-0.05, 0) is 41.8 Å². The van der Waals surface area contributed by atoms with E-state index in [1.807, 2.05) is 48.5 Å². The molecule has 5 nitrogen and oxygen atoms in total. The van der Waals surface area contributed by atoms with Crippen molar-refractivity contribution in [2.75, 3.05) is 15.5 Å². The number of hydrogen-bond acceptors (Lipinski definition) is 3. The molecule has 3 aromatic rings. The van der Waals surface area contributed by atoms with Crippen LogP contribution in [0.4, 0.5) is 17.1 Å². The second-order valence-electron chi connectivity index (χ2n) is 7.88. The molecule has 0 saturated heterocycles. The molecule has 5 rings (SSSR count). The lowest BCUT2D eigenvalue weighted by Gasteiger charge is -2.44. The van der Waals surface area contributed by atoms with Crippen molar-refractivity contribution in [3.8, 4) is 0 Å². The lowest BCUT2D eigenvalue weighted by atomic mass is 9.92. The Hall–Kier alpha value is -3.31. The summed E-state index contributed by atoms with van der Waals surface area (Å²) in [6.45, 7) is 4.23. The number of rotatable bonds is 2. The molecule has 1 spiro atoms. The van der Waals surface area contributed by atoms with Gasteiger partial charge in [0.15, 0.2) is 0 Å². The summed E-state index contributed by atoms with van der Waals surface area (Å²) in [7, 11) is 0. The Labute approximate surface area is 179 Å². The van der Waals surface area contributed by atoms with E-state index in [0.717, 1.165) is 5.56 Å². The molecule has 2 aliphatic heterocycles. The Morgan fingerprint density at radius 3 is 2.40 bits per heavy atom. The third kappa shape index (κ3) is 2.48. The van der Waals surface area contributed by atoms with Crippen molar-refractivity contribution >= 4 is 40.5 Å². The first kappa shape index (κ1) is 18.7. The SMILES string of the molecule is CC(C)c1ccc(N2C(=O)c3ccccc3N[C@@]23C(=O)Nc2c(Cl)cccc23)cc1. The van der Waals surface area contributed by atoms with Crippen molar-refractivity contribution in [2.45, 2.75) is 25.4 Å². The van der Waals surface area contributed by atoms with E-state index in [1.165, 1.54) is 4.90 Å². The lowest BCUT2D eigenvalue weighted by Crippen LogP contribution is -2.61. The number of hydrogen-bond donors (Lipinski definition) is 2. The zero-order chi connectivity index (χ0) is 21.0. The standard InChI is InChI=1S/C24H20ClN3O2/c1-14(2)15-10-12-16(13-11-15)28-22(29)17-6-3-4-9-20(17)27-24(28)18-7-5-8-19(25)21(18)26-23(24)30/h3-14,27H,1-2H3,(H,26,30)/t24-/m1/s1. The van der Waals surface area contributed by atoms with Gasteiger partial charge in [-0.15, -0.1) is 0 Å². The van der Waals surface area contributed by atoms with Crippen molar-refractivity contribution in [2.24, 2.45) is 0 Å². The summed E-state index contributed by atoms with van der Waals surface area (Å²) in [5, 5.41) is 6.67. The molecule has 1 atom stereocenters. The van der Waals surface area contributed by atoms with E-state index in [-0.39, 0.29) is 11.8 Å². The summed E-state index contributed by atoms with van der Waals surface area (Å²) >= 11 is 6.38. The van der Waals surface area contributed by atoms with E-state index >= 15 is 0 Å². The van der Waals surface area contributed by atoms with Gasteiger partial charge >= 0.3 is 0 Å². The lowest BCUT2D eigenvalue weighted by molar-refractivity contribution is -0.119. The number of para-hydroxylation sites is 2. The first-order valence-electron chi connectivity index (χ1n) is 9.85. The molecule has 0 aromatic heterocycles. The Balaban J connectivity index is 1.77. The largest absolute Gasteiger partial charge is 0.350 e. The van der Waals surface area contributed by atoms with Crippen LogP contribution in [-0.4, -0.2) is 11.8 Å². The fraction of sp³-hybridized carbons (Fsp3) is 0.167. The van der Waals surface area contributed by atoms with Crippen molar-refractivity contribution < 1.29 is 9.59 Å². The number of benzene rings is 3. The van der Waals surface area contributed by atoms with Crippen LogP contribution < -0.4 is 15.5 Å².